The molecule has 0 aromatic rings. The van der Waals surface area contributed by atoms with Crippen molar-refractivity contribution in [1.82, 2.24) is 0 Å². The van der Waals surface area contributed by atoms with Crippen LogP contribution in [0.25, 0.3) is 0 Å². The molecule has 0 heterocycles. The van der Waals surface area contributed by atoms with Crippen LogP contribution in [0.2, 0.25) is 0 Å². The maximum Gasteiger partial charge on any atom is 0.466 e. The van der Waals surface area contributed by atoms with Crippen LogP contribution in [0.1, 0.15) is 90.9 Å². The van der Waals surface area contributed by atoms with Crippen LogP contribution in [0, 0.1) is 0 Å². The van der Waals surface area contributed by atoms with Crippen LogP contribution in [0.4, 0.5) is 0 Å². The molecular formula is C15H36NO4P. The molecule has 0 bridgehead atoms. The van der Waals surface area contributed by atoms with Crippen LogP contribution in [0.5, 0.6) is 0 Å². The lowest BCUT2D eigenvalue weighted by Gasteiger charge is -2.10. The molecule has 1 unspecified atom stereocenters. The lowest BCUT2D eigenvalue weighted by Crippen LogP contribution is -2.19. The van der Waals surface area contributed by atoms with Crippen LogP contribution in [0.3, 0.4) is 0 Å². The van der Waals surface area contributed by atoms with Crippen molar-refractivity contribution in [1.29, 1.82) is 0 Å². The molecule has 0 aliphatic rings. The SMILES string of the molecule is CCCCCCCCCCC(N)CCCC.O=P(O)(O)O. The van der Waals surface area contributed by atoms with E-state index in [4.69, 9.17) is 25.0 Å². The van der Waals surface area contributed by atoms with E-state index >= 15 is 0 Å². The Morgan fingerprint density at radius 3 is 1.52 bits per heavy atom. The van der Waals surface area contributed by atoms with Gasteiger partial charge in [-0.2, -0.15) is 0 Å². The zero-order valence-electron chi connectivity index (χ0n) is 13.8. The van der Waals surface area contributed by atoms with Crippen LogP contribution in [-0.4, -0.2) is 20.7 Å². The second-order valence-electron chi connectivity index (χ2n) is 5.68. The smallest absolute Gasteiger partial charge is 0.328 e. The highest BCUT2D eigenvalue weighted by atomic mass is 31.2. The summed E-state index contributed by atoms with van der Waals surface area (Å²) in [7, 11) is -4.64. The normalized spacial score (nSPS) is 12.7. The van der Waals surface area contributed by atoms with Gasteiger partial charge in [0.25, 0.3) is 0 Å². The molecule has 0 aliphatic heterocycles. The molecule has 0 rings (SSSR count). The molecule has 0 spiro atoms. The number of hydrogen-bond acceptors (Lipinski definition) is 2. The van der Waals surface area contributed by atoms with Crippen molar-refractivity contribution in [3.05, 3.63) is 0 Å². The molecule has 0 saturated carbocycles. The summed E-state index contributed by atoms with van der Waals surface area (Å²) in [6.07, 6.45) is 16.3. The lowest BCUT2D eigenvalue weighted by atomic mass is 10.0. The van der Waals surface area contributed by atoms with E-state index in [9.17, 15) is 0 Å². The summed E-state index contributed by atoms with van der Waals surface area (Å²) in [5, 5.41) is 0. The summed E-state index contributed by atoms with van der Waals surface area (Å²) in [5.74, 6) is 0. The summed E-state index contributed by atoms with van der Waals surface area (Å²) in [6, 6.07) is 0.472. The van der Waals surface area contributed by atoms with Crippen LogP contribution >= 0.6 is 7.82 Å². The predicted octanol–water partition coefficient (Wildman–Crippen LogP) is 4.11. The molecule has 0 radical (unpaired) electrons. The van der Waals surface area contributed by atoms with Crippen molar-refractivity contribution in [2.75, 3.05) is 0 Å². The first-order chi connectivity index (χ1) is 9.81. The summed E-state index contributed by atoms with van der Waals surface area (Å²) in [5.41, 5.74) is 6.04. The number of unbranched alkanes of at least 4 members (excludes halogenated alkanes) is 8. The van der Waals surface area contributed by atoms with E-state index in [1.165, 1.54) is 77.0 Å². The Labute approximate surface area is 130 Å². The highest BCUT2D eigenvalue weighted by molar-refractivity contribution is 7.45. The summed E-state index contributed by atoms with van der Waals surface area (Å²) in [6.45, 7) is 4.51. The van der Waals surface area contributed by atoms with E-state index in [0.717, 1.165) is 0 Å². The van der Waals surface area contributed by atoms with Crippen molar-refractivity contribution in [3.8, 4) is 0 Å². The van der Waals surface area contributed by atoms with Crippen molar-refractivity contribution in [2.24, 2.45) is 5.73 Å². The van der Waals surface area contributed by atoms with Gasteiger partial charge in [0.05, 0.1) is 0 Å². The van der Waals surface area contributed by atoms with Crippen molar-refractivity contribution in [3.63, 3.8) is 0 Å². The van der Waals surface area contributed by atoms with Crippen molar-refractivity contribution >= 4 is 7.82 Å². The fraction of sp³-hybridized carbons (Fsp3) is 1.00. The predicted molar refractivity (Wildman–Crippen MR) is 89.0 cm³/mol. The molecule has 130 valence electrons. The van der Waals surface area contributed by atoms with Crippen LogP contribution < -0.4 is 5.73 Å². The van der Waals surface area contributed by atoms with Gasteiger partial charge < -0.3 is 20.4 Å². The molecule has 5 nitrogen and oxygen atoms in total. The van der Waals surface area contributed by atoms with Gasteiger partial charge in [-0.15, -0.1) is 0 Å². The van der Waals surface area contributed by atoms with Crippen LogP contribution in [0.15, 0.2) is 0 Å². The zero-order valence-corrected chi connectivity index (χ0v) is 14.7. The van der Waals surface area contributed by atoms with Crippen molar-refractivity contribution < 1.29 is 19.2 Å². The quantitative estimate of drug-likeness (QED) is 0.319. The van der Waals surface area contributed by atoms with Gasteiger partial charge in [0.2, 0.25) is 0 Å². The Morgan fingerprint density at radius 2 is 1.10 bits per heavy atom. The van der Waals surface area contributed by atoms with Gasteiger partial charge in [0, 0.05) is 6.04 Å². The largest absolute Gasteiger partial charge is 0.466 e. The van der Waals surface area contributed by atoms with Gasteiger partial charge in [-0.05, 0) is 12.8 Å². The number of phosphoric acid groups is 1. The molecule has 21 heavy (non-hydrogen) atoms. The molecule has 0 saturated heterocycles. The maximum atomic E-state index is 8.88. The van der Waals surface area contributed by atoms with Gasteiger partial charge in [-0.1, -0.05) is 78.1 Å². The van der Waals surface area contributed by atoms with Gasteiger partial charge in [0.1, 0.15) is 0 Å². The van der Waals surface area contributed by atoms with E-state index in [1.807, 2.05) is 0 Å². The first-order valence-electron chi connectivity index (χ1n) is 8.35. The molecule has 1 atom stereocenters. The lowest BCUT2D eigenvalue weighted by molar-refractivity contribution is 0.275. The number of rotatable bonds is 12. The number of hydrogen-bond donors (Lipinski definition) is 4. The minimum absolute atomic E-state index is 0.472. The van der Waals surface area contributed by atoms with Gasteiger partial charge in [0.15, 0.2) is 0 Å². The van der Waals surface area contributed by atoms with E-state index in [1.54, 1.807) is 0 Å². The summed E-state index contributed by atoms with van der Waals surface area (Å²) >= 11 is 0. The Hall–Kier alpha value is 0.0700. The summed E-state index contributed by atoms with van der Waals surface area (Å²) < 4.78 is 8.88. The standard InChI is InChI=1S/C15H33N.H3O4P/c1-3-5-7-8-9-10-11-12-14-15(16)13-6-4-2;1-5(2,3)4/h15H,3-14,16H2,1-2H3;(H3,1,2,3,4). The van der Waals surface area contributed by atoms with E-state index in [0.29, 0.717) is 6.04 Å². The van der Waals surface area contributed by atoms with E-state index in [-0.39, 0.29) is 0 Å². The fourth-order valence-electron chi connectivity index (χ4n) is 2.15. The monoisotopic (exact) mass is 325 g/mol. The van der Waals surface area contributed by atoms with Gasteiger partial charge in [-0.3, -0.25) is 0 Å². The number of nitrogens with two attached hydrogens (primary N) is 1. The Kier molecular flexibility index (Phi) is 18.3. The van der Waals surface area contributed by atoms with Gasteiger partial charge in [-0.25, -0.2) is 4.57 Å². The van der Waals surface area contributed by atoms with E-state index in [2.05, 4.69) is 13.8 Å². The summed E-state index contributed by atoms with van der Waals surface area (Å²) in [4.78, 5) is 21.6. The van der Waals surface area contributed by atoms with Gasteiger partial charge >= 0.3 is 7.82 Å². The highest BCUT2D eigenvalue weighted by Crippen LogP contribution is 2.25. The molecule has 6 heteroatoms. The Balaban J connectivity index is 0. The highest BCUT2D eigenvalue weighted by Gasteiger charge is 2.01. The minimum atomic E-state index is -4.64. The third kappa shape index (κ3) is 33.1. The maximum absolute atomic E-state index is 8.88. The minimum Gasteiger partial charge on any atom is -0.328 e. The first kappa shape index (κ1) is 23.3. The van der Waals surface area contributed by atoms with Crippen LogP contribution in [-0.2, 0) is 4.57 Å². The fourth-order valence-corrected chi connectivity index (χ4v) is 2.15. The van der Waals surface area contributed by atoms with Crippen molar-refractivity contribution in [2.45, 2.75) is 96.9 Å². The molecule has 5 N–H and O–H groups in total. The molecule has 0 aromatic carbocycles. The molecular weight excluding hydrogens is 289 g/mol. The average Bonchev–Trinajstić information content (AvgIpc) is 2.37. The average molecular weight is 325 g/mol. The third-order valence-corrected chi connectivity index (χ3v) is 3.36. The second kappa shape index (κ2) is 16.4. The van der Waals surface area contributed by atoms with E-state index < -0.39 is 7.82 Å². The second-order valence-corrected chi connectivity index (χ2v) is 6.71. The first-order valence-corrected chi connectivity index (χ1v) is 9.91. The molecule has 0 aliphatic carbocycles. The molecule has 0 amide bonds. The Bertz CT molecular complexity index is 238. The zero-order chi connectivity index (χ0) is 16.6. The Morgan fingerprint density at radius 1 is 0.762 bits per heavy atom. The molecule has 0 fully saturated rings. The third-order valence-electron chi connectivity index (χ3n) is 3.36. The topological polar surface area (TPSA) is 104 Å². The molecule has 0 aromatic heterocycles.